The standard InChI is InChI=1S/C15H24N2O3.ClH/c1-3-20-14-7-5-4-6-12(14)8-9-17-15(18)10-13(11-16)19-2;/h4-7,13H,3,8-11,16H2,1-2H3,(H,17,18);1H. The monoisotopic (exact) mass is 316 g/mol. The number of methoxy groups -OCH3 is 1. The molecule has 0 saturated heterocycles. The molecule has 0 heterocycles. The molecule has 6 heteroatoms. The average molecular weight is 317 g/mol. The van der Waals surface area contributed by atoms with E-state index in [0.29, 0.717) is 26.1 Å². The van der Waals surface area contributed by atoms with Crippen LogP contribution in [0.3, 0.4) is 0 Å². The number of nitrogens with one attached hydrogen (secondary N) is 1. The minimum absolute atomic E-state index is 0. The molecule has 0 aliphatic carbocycles. The second-order valence-corrected chi connectivity index (χ2v) is 4.44. The van der Waals surface area contributed by atoms with E-state index in [9.17, 15) is 4.79 Å². The summed E-state index contributed by atoms with van der Waals surface area (Å²) in [6.07, 6.45) is 0.813. The van der Waals surface area contributed by atoms with Crippen molar-refractivity contribution < 1.29 is 14.3 Å². The Hall–Kier alpha value is -1.30. The van der Waals surface area contributed by atoms with Crippen LogP contribution in [0, 0.1) is 0 Å². The Morgan fingerprint density at radius 1 is 1.38 bits per heavy atom. The van der Waals surface area contributed by atoms with Gasteiger partial charge in [0.15, 0.2) is 0 Å². The quantitative estimate of drug-likeness (QED) is 0.724. The predicted octanol–water partition coefficient (Wildman–Crippen LogP) is 1.53. The molecule has 0 fully saturated rings. The minimum atomic E-state index is -0.217. The minimum Gasteiger partial charge on any atom is -0.494 e. The van der Waals surface area contributed by atoms with Crippen molar-refractivity contribution >= 4 is 18.3 Å². The van der Waals surface area contributed by atoms with Crippen molar-refractivity contribution in [1.82, 2.24) is 5.32 Å². The van der Waals surface area contributed by atoms with E-state index in [1.54, 1.807) is 7.11 Å². The number of hydrogen-bond donors (Lipinski definition) is 2. The van der Waals surface area contributed by atoms with Gasteiger partial charge in [0.05, 0.1) is 19.1 Å². The van der Waals surface area contributed by atoms with Crippen LogP contribution in [0.25, 0.3) is 0 Å². The van der Waals surface area contributed by atoms with E-state index in [1.807, 2.05) is 31.2 Å². The number of ether oxygens (including phenoxy) is 2. The number of benzene rings is 1. The summed E-state index contributed by atoms with van der Waals surface area (Å²) in [7, 11) is 1.56. The van der Waals surface area contributed by atoms with Crippen LogP contribution in [0.15, 0.2) is 24.3 Å². The molecule has 120 valence electrons. The summed E-state index contributed by atoms with van der Waals surface area (Å²) in [4.78, 5) is 11.7. The van der Waals surface area contributed by atoms with Crippen LogP contribution in [-0.2, 0) is 16.0 Å². The first-order valence-electron chi connectivity index (χ1n) is 6.91. The maximum atomic E-state index is 11.7. The molecular weight excluding hydrogens is 292 g/mol. The molecule has 0 bridgehead atoms. The SMILES string of the molecule is CCOc1ccccc1CCNC(=O)CC(CN)OC.Cl. The topological polar surface area (TPSA) is 73.6 Å². The first-order chi connectivity index (χ1) is 9.71. The number of halogens is 1. The van der Waals surface area contributed by atoms with Crippen LogP contribution in [0.2, 0.25) is 0 Å². The number of carbonyl (C=O) groups excluding carboxylic acids is 1. The lowest BCUT2D eigenvalue weighted by atomic mass is 10.1. The van der Waals surface area contributed by atoms with Gasteiger partial charge in [-0.25, -0.2) is 0 Å². The first kappa shape index (κ1) is 19.7. The Labute approximate surface area is 132 Å². The van der Waals surface area contributed by atoms with Crippen LogP contribution in [-0.4, -0.2) is 38.8 Å². The van der Waals surface area contributed by atoms with Crippen molar-refractivity contribution in [2.75, 3.05) is 26.8 Å². The molecule has 1 rings (SSSR count). The normalized spacial score (nSPS) is 11.4. The van der Waals surface area contributed by atoms with Gasteiger partial charge in [0.1, 0.15) is 5.75 Å². The van der Waals surface area contributed by atoms with Gasteiger partial charge in [0, 0.05) is 20.2 Å². The molecule has 0 aliphatic rings. The fourth-order valence-corrected chi connectivity index (χ4v) is 1.89. The second-order valence-electron chi connectivity index (χ2n) is 4.44. The molecule has 3 N–H and O–H groups in total. The Morgan fingerprint density at radius 3 is 2.71 bits per heavy atom. The molecule has 1 atom stereocenters. The lowest BCUT2D eigenvalue weighted by Gasteiger charge is -2.13. The third-order valence-electron chi connectivity index (χ3n) is 3.00. The molecule has 1 aromatic carbocycles. The van der Waals surface area contributed by atoms with E-state index in [-0.39, 0.29) is 24.4 Å². The molecule has 0 aliphatic heterocycles. The largest absolute Gasteiger partial charge is 0.494 e. The summed E-state index contributed by atoms with van der Waals surface area (Å²) >= 11 is 0. The van der Waals surface area contributed by atoms with Gasteiger partial charge in [-0.15, -0.1) is 12.4 Å². The van der Waals surface area contributed by atoms with Crippen LogP contribution in [0.5, 0.6) is 5.75 Å². The second kappa shape index (κ2) is 11.4. The molecule has 0 spiro atoms. The summed E-state index contributed by atoms with van der Waals surface area (Å²) in [5.41, 5.74) is 6.58. The van der Waals surface area contributed by atoms with Gasteiger partial charge in [0.2, 0.25) is 5.91 Å². The van der Waals surface area contributed by atoms with Crippen LogP contribution in [0.1, 0.15) is 18.9 Å². The smallest absolute Gasteiger partial charge is 0.222 e. The first-order valence-corrected chi connectivity index (χ1v) is 6.91. The molecule has 0 aromatic heterocycles. The maximum Gasteiger partial charge on any atom is 0.222 e. The van der Waals surface area contributed by atoms with Crippen LogP contribution >= 0.6 is 12.4 Å². The lowest BCUT2D eigenvalue weighted by molar-refractivity contribution is -0.123. The fraction of sp³-hybridized carbons (Fsp3) is 0.533. The van der Waals surface area contributed by atoms with Gasteiger partial charge in [-0.05, 0) is 25.0 Å². The molecule has 1 amide bonds. The molecule has 5 nitrogen and oxygen atoms in total. The lowest BCUT2D eigenvalue weighted by Crippen LogP contribution is -2.33. The summed E-state index contributed by atoms with van der Waals surface area (Å²) < 4.78 is 10.6. The molecule has 21 heavy (non-hydrogen) atoms. The molecule has 1 unspecified atom stereocenters. The number of amides is 1. The molecular formula is C15H25ClN2O3. The summed E-state index contributed by atoms with van der Waals surface area (Å²) in [6.45, 7) is 3.51. The van der Waals surface area contributed by atoms with Crippen molar-refractivity contribution in [1.29, 1.82) is 0 Å². The highest BCUT2D eigenvalue weighted by molar-refractivity contribution is 5.85. The maximum absolute atomic E-state index is 11.7. The average Bonchev–Trinajstić information content (AvgIpc) is 2.47. The van der Waals surface area contributed by atoms with E-state index >= 15 is 0 Å². The Morgan fingerprint density at radius 2 is 2.10 bits per heavy atom. The molecule has 0 saturated carbocycles. The fourth-order valence-electron chi connectivity index (χ4n) is 1.89. The summed E-state index contributed by atoms with van der Waals surface area (Å²) in [6, 6.07) is 7.86. The van der Waals surface area contributed by atoms with Gasteiger partial charge < -0.3 is 20.5 Å². The van der Waals surface area contributed by atoms with Crippen molar-refractivity contribution in [3.05, 3.63) is 29.8 Å². The number of para-hydroxylation sites is 1. The van der Waals surface area contributed by atoms with E-state index in [1.165, 1.54) is 0 Å². The number of nitrogens with two attached hydrogens (primary N) is 1. The van der Waals surface area contributed by atoms with Gasteiger partial charge in [-0.1, -0.05) is 18.2 Å². The number of carbonyl (C=O) groups is 1. The van der Waals surface area contributed by atoms with Crippen molar-refractivity contribution in [3.8, 4) is 5.75 Å². The van der Waals surface area contributed by atoms with E-state index < -0.39 is 0 Å². The number of hydrogen-bond acceptors (Lipinski definition) is 4. The van der Waals surface area contributed by atoms with Gasteiger partial charge in [-0.2, -0.15) is 0 Å². The van der Waals surface area contributed by atoms with E-state index in [4.69, 9.17) is 15.2 Å². The highest BCUT2D eigenvalue weighted by atomic mass is 35.5. The Kier molecular flexibility index (Phi) is 10.7. The van der Waals surface area contributed by atoms with E-state index in [2.05, 4.69) is 5.32 Å². The highest BCUT2D eigenvalue weighted by Gasteiger charge is 2.11. The number of rotatable bonds is 9. The van der Waals surface area contributed by atoms with Crippen LogP contribution < -0.4 is 15.8 Å². The third-order valence-corrected chi connectivity index (χ3v) is 3.00. The van der Waals surface area contributed by atoms with Gasteiger partial charge >= 0.3 is 0 Å². The van der Waals surface area contributed by atoms with Crippen LogP contribution in [0.4, 0.5) is 0 Å². The Bertz CT molecular complexity index is 412. The van der Waals surface area contributed by atoms with E-state index in [0.717, 1.165) is 17.7 Å². The molecule has 1 aromatic rings. The zero-order chi connectivity index (χ0) is 14.8. The van der Waals surface area contributed by atoms with Gasteiger partial charge in [-0.3, -0.25) is 4.79 Å². The third kappa shape index (κ3) is 7.32. The van der Waals surface area contributed by atoms with Gasteiger partial charge in [0.25, 0.3) is 0 Å². The zero-order valence-corrected chi connectivity index (χ0v) is 13.4. The van der Waals surface area contributed by atoms with Crippen molar-refractivity contribution in [2.45, 2.75) is 25.9 Å². The zero-order valence-electron chi connectivity index (χ0n) is 12.6. The highest BCUT2D eigenvalue weighted by Crippen LogP contribution is 2.17. The van der Waals surface area contributed by atoms with Crippen molar-refractivity contribution in [3.63, 3.8) is 0 Å². The predicted molar refractivity (Wildman–Crippen MR) is 86.0 cm³/mol. The summed E-state index contributed by atoms with van der Waals surface area (Å²) in [5, 5.41) is 2.87. The summed E-state index contributed by atoms with van der Waals surface area (Å²) in [5.74, 6) is 0.831. The Balaban J connectivity index is 0.00000400. The molecule has 0 radical (unpaired) electrons. The van der Waals surface area contributed by atoms with Crippen molar-refractivity contribution in [2.24, 2.45) is 5.73 Å².